The highest BCUT2D eigenvalue weighted by Crippen LogP contribution is 2.26. The van der Waals surface area contributed by atoms with Gasteiger partial charge in [0.15, 0.2) is 11.5 Å². The number of methoxy groups -OCH3 is 1. The molecular weight excluding hydrogens is 328 g/mol. The van der Waals surface area contributed by atoms with Crippen LogP contribution in [0.25, 0.3) is 0 Å². The number of rotatable bonds is 7. The lowest BCUT2D eigenvalue weighted by atomic mass is 9.84. The fourth-order valence-corrected chi connectivity index (χ4v) is 2.67. The molecule has 5 nitrogen and oxygen atoms in total. The van der Waals surface area contributed by atoms with E-state index in [4.69, 9.17) is 4.74 Å². The summed E-state index contributed by atoms with van der Waals surface area (Å²) >= 11 is 0. The summed E-state index contributed by atoms with van der Waals surface area (Å²) in [6.07, 6.45) is 0.658. The summed E-state index contributed by atoms with van der Waals surface area (Å²) in [6.45, 7) is 7.34. The van der Waals surface area contributed by atoms with Crippen LogP contribution in [0.15, 0.2) is 42.5 Å². The topological polar surface area (TPSA) is 70.6 Å². The number of carbonyl (C=O) groups excluding carboxylic acids is 1. The van der Waals surface area contributed by atoms with Gasteiger partial charge in [-0.3, -0.25) is 0 Å². The third kappa shape index (κ3) is 5.41. The lowest BCUT2D eigenvalue weighted by Crippen LogP contribution is -2.42. The number of phenols is 1. The maximum Gasteiger partial charge on any atom is 0.314 e. The van der Waals surface area contributed by atoms with Gasteiger partial charge in [-0.1, -0.05) is 49.7 Å². The predicted octanol–water partition coefficient (Wildman–Crippen LogP) is 3.53. The number of nitrogens with one attached hydrogen (secondary N) is 2. The molecular formula is C21H28N2O3. The number of benzene rings is 2. The molecule has 0 aromatic heterocycles. The highest BCUT2D eigenvalue weighted by atomic mass is 16.5. The van der Waals surface area contributed by atoms with E-state index in [-0.39, 0.29) is 17.2 Å². The van der Waals surface area contributed by atoms with Gasteiger partial charge in [-0.2, -0.15) is 0 Å². The second kappa shape index (κ2) is 8.61. The van der Waals surface area contributed by atoms with Crippen molar-refractivity contribution in [1.82, 2.24) is 10.6 Å². The van der Waals surface area contributed by atoms with Crippen LogP contribution in [0.4, 0.5) is 4.79 Å². The number of phenolic OH excluding ortho intramolecular Hbond substituents is 1. The van der Waals surface area contributed by atoms with Crippen LogP contribution in [0.3, 0.4) is 0 Å². The average molecular weight is 356 g/mol. The predicted molar refractivity (Wildman–Crippen MR) is 104 cm³/mol. The lowest BCUT2D eigenvalue weighted by molar-refractivity contribution is 0.238. The molecule has 0 saturated carbocycles. The van der Waals surface area contributed by atoms with Crippen molar-refractivity contribution in [2.24, 2.45) is 0 Å². The summed E-state index contributed by atoms with van der Waals surface area (Å²) in [7, 11) is 1.51. The minimum absolute atomic E-state index is 0.111. The van der Waals surface area contributed by atoms with E-state index in [2.05, 4.69) is 55.7 Å². The average Bonchev–Trinajstić information content (AvgIpc) is 2.62. The number of amides is 2. The Kier molecular flexibility index (Phi) is 6.50. The first-order valence-electron chi connectivity index (χ1n) is 8.76. The monoisotopic (exact) mass is 356 g/mol. The maximum atomic E-state index is 12.1. The van der Waals surface area contributed by atoms with Crippen molar-refractivity contribution in [3.8, 4) is 11.5 Å². The smallest absolute Gasteiger partial charge is 0.314 e. The van der Waals surface area contributed by atoms with Crippen LogP contribution >= 0.6 is 0 Å². The summed E-state index contributed by atoms with van der Waals surface area (Å²) in [5.41, 5.74) is 3.26. The molecule has 0 spiro atoms. The molecule has 2 amide bonds. The molecule has 2 aromatic carbocycles. The van der Waals surface area contributed by atoms with Gasteiger partial charge in [0, 0.05) is 18.5 Å². The Bertz CT molecular complexity index is 739. The van der Waals surface area contributed by atoms with E-state index in [0.29, 0.717) is 25.3 Å². The zero-order valence-electron chi connectivity index (χ0n) is 15.9. The number of hydrogen-bond acceptors (Lipinski definition) is 3. The van der Waals surface area contributed by atoms with E-state index in [1.807, 2.05) is 6.07 Å². The van der Waals surface area contributed by atoms with Crippen LogP contribution < -0.4 is 15.4 Å². The van der Waals surface area contributed by atoms with Crippen molar-refractivity contribution in [3.63, 3.8) is 0 Å². The molecule has 0 aliphatic rings. The molecule has 0 saturated heterocycles. The molecule has 2 rings (SSSR count). The maximum absolute atomic E-state index is 12.1. The number of aromatic hydroxyl groups is 1. The molecule has 0 radical (unpaired) electrons. The number of ether oxygens (including phenoxy) is 1. The highest BCUT2D eigenvalue weighted by molar-refractivity contribution is 5.74. The first-order chi connectivity index (χ1) is 12.3. The van der Waals surface area contributed by atoms with E-state index in [0.717, 1.165) is 5.56 Å². The molecule has 0 aliphatic carbocycles. The van der Waals surface area contributed by atoms with Gasteiger partial charge in [-0.15, -0.1) is 0 Å². The van der Waals surface area contributed by atoms with Gasteiger partial charge in [0.25, 0.3) is 0 Å². The van der Waals surface area contributed by atoms with Crippen molar-refractivity contribution in [1.29, 1.82) is 0 Å². The van der Waals surface area contributed by atoms with Gasteiger partial charge in [0.1, 0.15) is 0 Å². The zero-order valence-corrected chi connectivity index (χ0v) is 15.9. The van der Waals surface area contributed by atoms with Crippen molar-refractivity contribution in [2.45, 2.75) is 32.6 Å². The van der Waals surface area contributed by atoms with Crippen molar-refractivity contribution in [3.05, 3.63) is 59.2 Å². The van der Waals surface area contributed by atoms with Crippen molar-refractivity contribution >= 4 is 6.03 Å². The van der Waals surface area contributed by atoms with Crippen LogP contribution in [-0.2, 0) is 11.8 Å². The summed E-state index contributed by atoms with van der Waals surface area (Å²) in [6, 6.07) is 13.4. The van der Waals surface area contributed by atoms with E-state index < -0.39 is 0 Å². The van der Waals surface area contributed by atoms with E-state index in [1.54, 1.807) is 12.1 Å². The van der Waals surface area contributed by atoms with Gasteiger partial charge in [0.2, 0.25) is 0 Å². The Labute approximate surface area is 155 Å². The van der Waals surface area contributed by atoms with Gasteiger partial charge < -0.3 is 20.5 Å². The fraction of sp³-hybridized carbons (Fsp3) is 0.381. The molecule has 0 aliphatic heterocycles. The first-order valence-corrected chi connectivity index (χ1v) is 8.76. The quantitative estimate of drug-likeness (QED) is 0.711. The standard InChI is InChI=1S/C21H28N2O3/c1-15-5-8-17(9-6-15)21(2,3)14-23-20(25)22-12-11-16-7-10-18(24)19(13-16)26-4/h5-10,13,24H,11-12,14H2,1-4H3,(H2,22,23,25). The summed E-state index contributed by atoms with van der Waals surface area (Å²) in [5, 5.41) is 15.4. The zero-order chi connectivity index (χ0) is 19.2. The molecule has 140 valence electrons. The van der Waals surface area contributed by atoms with Crippen LogP contribution in [0, 0.1) is 6.92 Å². The number of urea groups is 1. The Hall–Kier alpha value is -2.69. The molecule has 0 unspecified atom stereocenters. The molecule has 3 N–H and O–H groups in total. The molecule has 0 bridgehead atoms. The number of carbonyl (C=O) groups is 1. The first kappa shape index (κ1) is 19.6. The Morgan fingerprint density at radius 3 is 2.46 bits per heavy atom. The minimum atomic E-state index is -0.184. The van der Waals surface area contributed by atoms with Crippen LogP contribution in [0.5, 0.6) is 11.5 Å². The third-order valence-corrected chi connectivity index (χ3v) is 4.47. The SMILES string of the molecule is COc1cc(CCNC(=O)NCC(C)(C)c2ccc(C)cc2)ccc1O. The molecule has 0 atom stereocenters. The summed E-state index contributed by atoms with van der Waals surface area (Å²) < 4.78 is 5.09. The van der Waals surface area contributed by atoms with Gasteiger partial charge in [0.05, 0.1) is 7.11 Å². The van der Waals surface area contributed by atoms with Gasteiger partial charge in [-0.05, 0) is 36.6 Å². The largest absolute Gasteiger partial charge is 0.504 e. The third-order valence-electron chi connectivity index (χ3n) is 4.47. The van der Waals surface area contributed by atoms with Gasteiger partial charge in [-0.25, -0.2) is 4.79 Å². The molecule has 5 heteroatoms. The van der Waals surface area contributed by atoms with E-state index >= 15 is 0 Å². The van der Waals surface area contributed by atoms with Crippen LogP contribution in [-0.4, -0.2) is 31.3 Å². The molecule has 0 heterocycles. The second-order valence-corrected chi connectivity index (χ2v) is 7.12. The summed E-state index contributed by atoms with van der Waals surface area (Å²) in [4.78, 5) is 12.1. The highest BCUT2D eigenvalue weighted by Gasteiger charge is 2.21. The van der Waals surface area contributed by atoms with Crippen molar-refractivity contribution < 1.29 is 14.6 Å². The van der Waals surface area contributed by atoms with E-state index in [9.17, 15) is 9.90 Å². The van der Waals surface area contributed by atoms with Crippen LogP contribution in [0.1, 0.15) is 30.5 Å². The Morgan fingerprint density at radius 1 is 1.12 bits per heavy atom. The lowest BCUT2D eigenvalue weighted by Gasteiger charge is -2.26. The van der Waals surface area contributed by atoms with Crippen molar-refractivity contribution in [2.75, 3.05) is 20.2 Å². The minimum Gasteiger partial charge on any atom is -0.504 e. The Morgan fingerprint density at radius 2 is 1.81 bits per heavy atom. The van der Waals surface area contributed by atoms with E-state index in [1.165, 1.54) is 18.2 Å². The molecule has 26 heavy (non-hydrogen) atoms. The van der Waals surface area contributed by atoms with Crippen LogP contribution in [0.2, 0.25) is 0 Å². The molecule has 2 aromatic rings. The summed E-state index contributed by atoms with van der Waals surface area (Å²) in [5.74, 6) is 0.548. The fourth-order valence-electron chi connectivity index (χ4n) is 2.67. The number of hydrogen-bond donors (Lipinski definition) is 3. The second-order valence-electron chi connectivity index (χ2n) is 7.12. The van der Waals surface area contributed by atoms with Gasteiger partial charge >= 0.3 is 6.03 Å². The molecule has 0 fully saturated rings. The Balaban J connectivity index is 1.79. The number of aryl methyl sites for hydroxylation is 1. The normalized spacial score (nSPS) is 11.1.